The lowest BCUT2D eigenvalue weighted by Gasteiger charge is -2.18. The van der Waals surface area contributed by atoms with Gasteiger partial charge in [0.05, 0.1) is 0 Å². The van der Waals surface area contributed by atoms with Gasteiger partial charge in [0.15, 0.2) is 0 Å². The van der Waals surface area contributed by atoms with E-state index >= 15 is 0 Å². The van der Waals surface area contributed by atoms with Crippen molar-refractivity contribution in [3.05, 3.63) is 58.6 Å². The Kier molecular flexibility index (Phi) is 4.77. The molecule has 2 nitrogen and oxygen atoms in total. The van der Waals surface area contributed by atoms with Crippen molar-refractivity contribution in [3.8, 4) is 5.75 Å². The van der Waals surface area contributed by atoms with Crippen LogP contribution in [0, 0.1) is 0 Å². The zero-order valence-corrected chi connectivity index (χ0v) is 12.7. The molecule has 0 spiro atoms. The summed E-state index contributed by atoms with van der Waals surface area (Å²) in [7, 11) is 0. The Balaban J connectivity index is 2.13. The van der Waals surface area contributed by atoms with Crippen LogP contribution >= 0.6 is 15.9 Å². The van der Waals surface area contributed by atoms with Gasteiger partial charge in [0.25, 0.3) is 0 Å². The van der Waals surface area contributed by atoms with E-state index in [0.29, 0.717) is 5.69 Å². The van der Waals surface area contributed by atoms with Crippen molar-refractivity contribution in [2.24, 2.45) is 0 Å². The summed E-state index contributed by atoms with van der Waals surface area (Å²) in [6, 6.07) is 13.4. The number of hydrogen-bond acceptors (Lipinski definition) is 2. The fourth-order valence-electron chi connectivity index (χ4n) is 1.94. The molecule has 0 bridgehead atoms. The molecule has 0 aliphatic carbocycles. The lowest BCUT2D eigenvalue weighted by molar-refractivity contribution is -0.274. The van der Waals surface area contributed by atoms with Gasteiger partial charge in [0.2, 0.25) is 0 Å². The number of halogens is 4. The zero-order chi connectivity index (χ0) is 15.5. The van der Waals surface area contributed by atoms with Gasteiger partial charge >= 0.3 is 6.36 Å². The molecule has 2 rings (SSSR count). The highest BCUT2D eigenvalue weighted by atomic mass is 79.9. The predicted octanol–water partition coefficient (Wildman–Crippen LogP) is 5.52. The van der Waals surface area contributed by atoms with Crippen molar-refractivity contribution in [3.63, 3.8) is 0 Å². The third kappa shape index (κ3) is 4.67. The molecule has 0 radical (unpaired) electrons. The van der Waals surface area contributed by atoms with Crippen molar-refractivity contribution in [1.29, 1.82) is 0 Å². The van der Waals surface area contributed by atoms with E-state index in [2.05, 4.69) is 26.0 Å². The van der Waals surface area contributed by atoms with Gasteiger partial charge in [-0.15, -0.1) is 13.2 Å². The van der Waals surface area contributed by atoms with Gasteiger partial charge in [0.1, 0.15) is 5.75 Å². The van der Waals surface area contributed by atoms with Gasteiger partial charge in [-0.25, -0.2) is 0 Å². The number of ether oxygens (including phenoxy) is 1. The summed E-state index contributed by atoms with van der Waals surface area (Å²) in [5, 5.41) is 3.15. The molecule has 0 saturated carbocycles. The van der Waals surface area contributed by atoms with Crippen LogP contribution in [0.25, 0.3) is 0 Å². The zero-order valence-electron chi connectivity index (χ0n) is 11.1. The molecule has 0 aromatic heterocycles. The second-order valence-electron chi connectivity index (χ2n) is 4.46. The van der Waals surface area contributed by atoms with Crippen LogP contribution in [0.3, 0.4) is 0 Å². The molecule has 0 amide bonds. The Labute approximate surface area is 129 Å². The number of nitrogens with one attached hydrogen (secondary N) is 1. The maximum absolute atomic E-state index is 12.2. The fourth-order valence-corrected chi connectivity index (χ4v) is 2.57. The van der Waals surface area contributed by atoms with Gasteiger partial charge in [-0.2, -0.15) is 0 Å². The molecule has 6 heteroatoms. The second-order valence-corrected chi connectivity index (χ2v) is 5.32. The molecule has 0 aliphatic heterocycles. The summed E-state index contributed by atoms with van der Waals surface area (Å²) in [6.07, 6.45) is -4.69. The van der Waals surface area contributed by atoms with Gasteiger partial charge < -0.3 is 10.1 Å². The molecule has 1 unspecified atom stereocenters. The van der Waals surface area contributed by atoms with Crippen LogP contribution in [0.5, 0.6) is 5.75 Å². The molecule has 112 valence electrons. The number of benzene rings is 2. The summed E-state index contributed by atoms with van der Waals surface area (Å²) in [5.41, 5.74) is 1.57. The number of rotatable bonds is 4. The summed E-state index contributed by atoms with van der Waals surface area (Å²) >= 11 is 3.45. The van der Waals surface area contributed by atoms with Gasteiger partial charge in [-0.1, -0.05) is 40.2 Å². The summed E-state index contributed by atoms with van der Waals surface area (Å²) in [6.45, 7) is 1.93. The molecule has 0 heterocycles. The van der Waals surface area contributed by atoms with Crippen molar-refractivity contribution in [2.75, 3.05) is 5.32 Å². The summed E-state index contributed by atoms with van der Waals surface area (Å²) < 4.78 is 41.5. The van der Waals surface area contributed by atoms with Crippen molar-refractivity contribution >= 4 is 21.6 Å². The van der Waals surface area contributed by atoms with Gasteiger partial charge in [-0.3, -0.25) is 0 Å². The molecule has 2 aromatic rings. The van der Waals surface area contributed by atoms with E-state index in [-0.39, 0.29) is 11.8 Å². The van der Waals surface area contributed by atoms with Crippen LogP contribution in [-0.2, 0) is 0 Å². The van der Waals surface area contributed by atoms with E-state index in [4.69, 9.17) is 0 Å². The van der Waals surface area contributed by atoms with E-state index in [1.807, 2.05) is 31.2 Å². The van der Waals surface area contributed by atoms with Crippen LogP contribution in [-0.4, -0.2) is 6.36 Å². The van der Waals surface area contributed by atoms with Crippen molar-refractivity contribution < 1.29 is 17.9 Å². The first-order valence-corrected chi connectivity index (χ1v) is 7.01. The van der Waals surface area contributed by atoms with Crippen molar-refractivity contribution in [1.82, 2.24) is 0 Å². The Morgan fingerprint density at radius 1 is 1.10 bits per heavy atom. The monoisotopic (exact) mass is 359 g/mol. The predicted molar refractivity (Wildman–Crippen MR) is 79.3 cm³/mol. The first-order chi connectivity index (χ1) is 9.85. The first-order valence-electron chi connectivity index (χ1n) is 6.22. The first kappa shape index (κ1) is 15.7. The number of hydrogen-bond donors (Lipinski definition) is 1. The Bertz CT molecular complexity index is 616. The molecule has 1 atom stereocenters. The smallest absolute Gasteiger partial charge is 0.406 e. The maximum atomic E-state index is 12.2. The third-order valence-corrected chi connectivity index (χ3v) is 3.54. The minimum Gasteiger partial charge on any atom is -0.406 e. The highest BCUT2D eigenvalue weighted by Gasteiger charge is 2.31. The van der Waals surface area contributed by atoms with Crippen molar-refractivity contribution in [2.45, 2.75) is 19.3 Å². The normalized spacial score (nSPS) is 12.8. The molecule has 0 saturated heterocycles. The standard InChI is InChI=1S/C15H13BrF3NO/c1-10(13-7-2-3-8-14(13)16)20-11-5-4-6-12(9-11)21-15(17,18)19/h2-10,20H,1H3. The third-order valence-electron chi connectivity index (χ3n) is 2.82. The van der Waals surface area contributed by atoms with E-state index in [9.17, 15) is 13.2 Å². The van der Waals surface area contributed by atoms with Crippen LogP contribution in [0.2, 0.25) is 0 Å². The highest BCUT2D eigenvalue weighted by Crippen LogP contribution is 2.29. The van der Waals surface area contributed by atoms with E-state index in [1.165, 1.54) is 18.2 Å². The number of anilines is 1. The average molecular weight is 360 g/mol. The Morgan fingerprint density at radius 3 is 2.48 bits per heavy atom. The minimum atomic E-state index is -4.69. The Hall–Kier alpha value is -1.69. The van der Waals surface area contributed by atoms with E-state index in [0.717, 1.165) is 10.0 Å². The van der Waals surface area contributed by atoms with E-state index in [1.54, 1.807) is 6.07 Å². The van der Waals surface area contributed by atoms with Crippen LogP contribution in [0.4, 0.5) is 18.9 Å². The van der Waals surface area contributed by atoms with Crippen LogP contribution < -0.4 is 10.1 Å². The van der Waals surface area contributed by atoms with Gasteiger partial charge in [-0.05, 0) is 30.7 Å². The summed E-state index contributed by atoms with van der Waals surface area (Å²) in [5.74, 6) is -0.244. The summed E-state index contributed by atoms with van der Waals surface area (Å²) in [4.78, 5) is 0. The lowest BCUT2D eigenvalue weighted by Crippen LogP contribution is -2.17. The van der Waals surface area contributed by atoms with E-state index < -0.39 is 6.36 Å². The van der Waals surface area contributed by atoms with Crippen LogP contribution in [0.1, 0.15) is 18.5 Å². The van der Waals surface area contributed by atoms with Crippen LogP contribution in [0.15, 0.2) is 53.0 Å². The maximum Gasteiger partial charge on any atom is 0.573 e. The quantitative estimate of drug-likeness (QED) is 0.775. The molecular formula is C15H13BrF3NO. The molecule has 0 fully saturated rings. The number of alkyl halides is 3. The molecular weight excluding hydrogens is 347 g/mol. The SMILES string of the molecule is CC(Nc1cccc(OC(F)(F)F)c1)c1ccccc1Br. The molecule has 2 aromatic carbocycles. The fraction of sp³-hybridized carbons (Fsp3) is 0.200. The molecule has 0 aliphatic rings. The lowest BCUT2D eigenvalue weighted by atomic mass is 10.1. The average Bonchev–Trinajstić information content (AvgIpc) is 2.37. The second kappa shape index (κ2) is 6.39. The Morgan fingerprint density at radius 2 is 1.81 bits per heavy atom. The topological polar surface area (TPSA) is 21.3 Å². The van der Waals surface area contributed by atoms with Gasteiger partial charge in [0, 0.05) is 22.3 Å². The molecule has 21 heavy (non-hydrogen) atoms. The highest BCUT2D eigenvalue weighted by molar-refractivity contribution is 9.10. The molecule has 1 N–H and O–H groups in total. The largest absolute Gasteiger partial charge is 0.573 e. The minimum absolute atomic E-state index is 0.0679.